The van der Waals surface area contributed by atoms with Crippen molar-refractivity contribution in [3.8, 4) is 5.75 Å². The third-order valence-corrected chi connectivity index (χ3v) is 6.16. The highest BCUT2D eigenvalue weighted by Crippen LogP contribution is 2.24. The number of carbonyl (C=O) groups excluding carboxylic acids is 1. The molecule has 2 N–H and O–H groups in total. The van der Waals surface area contributed by atoms with E-state index < -0.39 is 0 Å². The summed E-state index contributed by atoms with van der Waals surface area (Å²) in [5, 5.41) is 5.99. The van der Waals surface area contributed by atoms with E-state index in [9.17, 15) is 4.79 Å². The molecule has 7 nitrogen and oxygen atoms in total. The van der Waals surface area contributed by atoms with E-state index in [-0.39, 0.29) is 12.1 Å². The van der Waals surface area contributed by atoms with Crippen molar-refractivity contribution < 1.29 is 19.0 Å². The molecule has 0 aliphatic carbocycles. The largest absolute Gasteiger partial charge is 0.491 e. The molecule has 0 aromatic heterocycles. The van der Waals surface area contributed by atoms with Crippen molar-refractivity contribution in [1.29, 1.82) is 0 Å². The second-order valence-electron chi connectivity index (χ2n) is 8.24. The Morgan fingerprint density at radius 3 is 2.66 bits per heavy atom. The van der Waals surface area contributed by atoms with E-state index >= 15 is 0 Å². The molecule has 29 heavy (non-hydrogen) atoms. The van der Waals surface area contributed by atoms with Gasteiger partial charge in [-0.3, -0.25) is 4.90 Å². The lowest BCUT2D eigenvalue weighted by Gasteiger charge is -2.31. The number of amides is 2. The van der Waals surface area contributed by atoms with Gasteiger partial charge in [0.05, 0.1) is 12.7 Å². The fraction of sp³-hybridized carbons (Fsp3) is 0.682. The summed E-state index contributed by atoms with van der Waals surface area (Å²) in [7, 11) is 0. The van der Waals surface area contributed by atoms with Crippen molar-refractivity contribution in [3.05, 3.63) is 24.3 Å². The van der Waals surface area contributed by atoms with Gasteiger partial charge in [0.2, 0.25) is 0 Å². The molecule has 3 fully saturated rings. The maximum atomic E-state index is 12.4. The predicted molar refractivity (Wildman–Crippen MR) is 111 cm³/mol. The lowest BCUT2D eigenvalue weighted by molar-refractivity contribution is 0.0679. The number of likely N-dealkylation sites (tertiary alicyclic amines) is 1. The molecular formula is C22H33N3O4. The Labute approximate surface area is 173 Å². The lowest BCUT2D eigenvalue weighted by Crippen LogP contribution is -2.48. The molecule has 3 atom stereocenters. The maximum Gasteiger partial charge on any atom is 0.319 e. The van der Waals surface area contributed by atoms with Crippen LogP contribution in [-0.2, 0) is 9.47 Å². The maximum absolute atomic E-state index is 12.4. The van der Waals surface area contributed by atoms with Gasteiger partial charge in [-0.1, -0.05) is 0 Å². The number of hydrogen-bond donors (Lipinski definition) is 2. The van der Waals surface area contributed by atoms with Crippen molar-refractivity contribution in [2.45, 2.75) is 44.2 Å². The minimum atomic E-state index is -0.166. The standard InChI is InChI=1S/C22H33N3O4/c26-22(23-14-21(17-9-13-27-15-17)25-10-1-2-11-25)24-18-5-7-19(8-6-18)29-16-20-4-3-12-28-20/h5-8,17,20-21H,1-4,9-16H2,(H2,23,24,26)/t17-,20-,21+/m0/s1. The van der Waals surface area contributed by atoms with Crippen LogP contribution in [0.5, 0.6) is 5.75 Å². The number of ether oxygens (including phenoxy) is 3. The minimum absolute atomic E-state index is 0.166. The highest BCUT2D eigenvalue weighted by molar-refractivity contribution is 5.89. The zero-order valence-corrected chi connectivity index (χ0v) is 17.1. The monoisotopic (exact) mass is 403 g/mol. The van der Waals surface area contributed by atoms with Crippen LogP contribution in [0.2, 0.25) is 0 Å². The molecule has 3 aliphatic heterocycles. The molecule has 3 heterocycles. The molecule has 4 rings (SSSR count). The topological polar surface area (TPSA) is 72.1 Å². The van der Waals surface area contributed by atoms with Gasteiger partial charge < -0.3 is 24.8 Å². The summed E-state index contributed by atoms with van der Waals surface area (Å²) < 4.78 is 16.9. The van der Waals surface area contributed by atoms with Crippen LogP contribution in [0.25, 0.3) is 0 Å². The Hall–Kier alpha value is -1.83. The van der Waals surface area contributed by atoms with Gasteiger partial charge in [-0.15, -0.1) is 0 Å². The summed E-state index contributed by atoms with van der Waals surface area (Å²) in [4.78, 5) is 14.9. The van der Waals surface area contributed by atoms with Gasteiger partial charge in [-0.25, -0.2) is 4.79 Å². The van der Waals surface area contributed by atoms with Gasteiger partial charge in [-0.05, 0) is 69.5 Å². The first-order valence-corrected chi connectivity index (χ1v) is 11.0. The molecular weight excluding hydrogens is 370 g/mol. The van der Waals surface area contributed by atoms with E-state index in [1.54, 1.807) is 0 Å². The van der Waals surface area contributed by atoms with E-state index in [4.69, 9.17) is 14.2 Å². The van der Waals surface area contributed by atoms with Crippen LogP contribution in [0.15, 0.2) is 24.3 Å². The molecule has 2 amide bonds. The second kappa shape index (κ2) is 10.3. The molecule has 3 aliphatic rings. The van der Waals surface area contributed by atoms with Crippen molar-refractivity contribution in [3.63, 3.8) is 0 Å². The zero-order chi connectivity index (χ0) is 19.9. The van der Waals surface area contributed by atoms with E-state index in [0.29, 0.717) is 25.1 Å². The van der Waals surface area contributed by atoms with Crippen LogP contribution in [0.1, 0.15) is 32.1 Å². The smallest absolute Gasteiger partial charge is 0.319 e. The summed E-state index contributed by atoms with van der Waals surface area (Å²) in [5.74, 6) is 1.30. The Bertz CT molecular complexity index is 620. The molecule has 0 unspecified atom stereocenters. The number of anilines is 1. The van der Waals surface area contributed by atoms with E-state index in [2.05, 4.69) is 15.5 Å². The SMILES string of the molecule is O=C(NC[C@H]([C@H]1CCOC1)N1CCCC1)Nc1ccc(OC[C@@H]2CCCO2)cc1. The Balaban J connectivity index is 1.22. The van der Waals surface area contributed by atoms with Crippen LogP contribution < -0.4 is 15.4 Å². The normalized spacial score (nSPS) is 25.8. The number of carbonyl (C=O) groups is 1. The molecule has 3 saturated heterocycles. The Kier molecular flexibility index (Phi) is 7.24. The Morgan fingerprint density at radius 1 is 1.14 bits per heavy atom. The Morgan fingerprint density at radius 2 is 1.97 bits per heavy atom. The number of hydrogen-bond acceptors (Lipinski definition) is 5. The first-order valence-electron chi connectivity index (χ1n) is 11.0. The van der Waals surface area contributed by atoms with Crippen LogP contribution >= 0.6 is 0 Å². The highest BCUT2D eigenvalue weighted by atomic mass is 16.5. The van der Waals surface area contributed by atoms with Gasteiger partial charge in [0.25, 0.3) is 0 Å². The molecule has 7 heteroatoms. The molecule has 0 spiro atoms. The minimum Gasteiger partial charge on any atom is -0.491 e. The van der Waals surface area contributed by atoms with Crippen LogP contribution in [0.4, 0.5) is 10.5 Å². The number of nitrogens with zero attached hydrogens (tertiary/aromatic N) is 1. The van der Waals surface area contributed by atoms with E-state index in [0.717, 1.165) is 63.6 Å². The molecule has 0 radical (unpaired) electrons. The summed E-state index contributed by atoms with van der Waals surface area (Å²) in [6.07, 6.45) is 5.95. The fourth-order valence-electron chi connectivity index (χ4n) is 4.50. The summed E-state index contributed by atoms with van der Waals surface area (Å²) in [6, 6.07) is 7.70. The molecule has 1 aromatic rings. The van der Waals surface area contributed by atoms with Crippen molar-refractivity contribution in [2.75, 3.05) is 51.4 Å². The quantitative estimate of drug-likeness (QED) is 0.698. The third kappa shape index (κ3) is 5.84. The van der Waals surface area contributed by atoms with Gasteiger partial charge in [0.15, 0.2) is 0 Å². The van der Waals surface area contributed by atoms with Gasteiger partial charge >= 0.3 is 6.03 Å². The summed E-state index contributed by atoms with van der Waals surface area (Å²) in [5.41, 5.74) is 0.758. The number of nitrogens with one attached hydrogen (secondary N) is 2. The van der Waals surface area contributed by atoms with Gasteiger partial charge in [-0.2, -0.15) is 0 Å². The average molecular weight is 404 g/mol. The van der Waals surface area contributed by atoms with Crippen LogP contribution in [-0.4, -0.2) is 69.1 Å². The molecule has 1 aromatic carbocycles. The number of benzene rings is 1. The van der Waals surface area contributed by atoms with Crippen LogP contribution in [0.3, 0.4) is 0 Å². The van der Waals surface area contributed by atoms with E-state index in [1.165, 1.54) is 12.8 Å². The van der Waals surface area contributed by atoms with Crippen LogP contribution in [0, 0.1) is 5.92 Å². The summed E-state index contributed by atoms with van der Waals surface area (Å²) >= 11 is 0. The second-order valence-corrected chi connectivity index (χ2v) is 8.24. The molecule has 160 valence electrons. The first-order chi connectivity index (χ1) is 14.3. The third-order valence-electron chi connectivity index (χ3n) is 6.16. The van der Waals surface area contributed by atoms with E-state index in [1.807, 2.05) is 24.3 Å². The van der Waals surface area contributed by atoms with Gasteiger partial charge in [0.1, 0.15) is 12.4 Å². The van der Waals surface area contributed by atoms with Gasteiger partial charge in [0, 0.05) is 37.4 Å². The highest BCUT2D eigenvalue weighted by Gasteiger charge is 2.32. The molecule has 0 bridgehead atoms. The lowest BCUT2D eigenvalue weighted by atomic mass is 9.97. The summed E-state index contributed by atoms with van der Waals surface area (Å²) in [6.45, 7) is 5.95. The number of rotatable bonds is 8. The van der Waals surface area contributed by atoms with Crippen molar-refractivity contribution >= 4 is 11.7 Å². The molecule has 0 saturated carbocycles. The predicted octanol–water partition coefficient (Wildman–Crippen LogP) is 2.87. The average Bonchev–Trinajstić information content (AvgIpc) is 3.51. The zero-order valence-electron chi connectivity index (χ0n) is 17.1. The first kappa shape index (κ1) is 20.4. The fourth-order valence-corrected chi connectivity index (χ4v) is 4.50. The number of urea groups is 1. The van der Waals surface area contributed by atoms with Crippen molar-refractivity contribution in [1.82, 2.24) is 10.2 Å². The van der Waals surface area contributed by atoms with Crippen molar-refractivity contribution in [2.24, 2.45) is 5.92 Å².